The van der Waals surface area contributed by atoms with Gasteiger partial charge in [0, 0.05) is 23.0 Å². The third kappa shape index (κ3) is 8.91. The van der Waals surface area contributed by atoms with E-state index >= 15 is 0 Å². The normalized spacial score (nSPS) is 17.6. The Kier molecular flexibility index (Phi) is 10.6. The van der Waals surface area contributed by atoms with E-state index < -0.39 is 5.97 Å². The first-order valence-electron chi connectivity index (χ1n) is 12.8. The Balaban J connectivity index is 1.38. The van der Waals surface area contributed by atoms with Crippen LogP contribution in [0.4, 0.5) is 11.4 Å². The van der Waals surface area contributed by atoms with Crippen LogP contribution in [0.25, 0.3) is 6.08 Å². The van der Waals surface area contributed by atoms with Gasteiger partial charge in [0.25, 0.3) is 0 Å². The summed E-state index contributed by atoms with van der Waals surface area (Å²) >= 11 is 0. The van der Waals surface area contributed by atoms with Crippen LogP contribution in [0.3, 0.4) is 0 Å². The highest BCUT2D eigenvalue weighted by molar-refractivity contribution is 5.90. The number of anilines is 2. The van der Waals surface area contributed by atoms with Crippen LogP contribution in [-0.2, 0) is 20.9 Å². The summed E-state index contributed by atoms with van der Waals surface area (Å²) in [5.41, 5.74) is 14.6. The summed E-state index contributed by atoms with van der Waals surface area (Å²) in [6.07, 6.45) is 15.3. The predicted molar refractivity (Wildman–Crippen MR) is 145 cm³/mol. The van der Waals surface area contributed by atoms with E-state index in [2.05, 4.69) is 6.58 Å². The van der Waals surface area contributed by atoms with E-state index in [9.17, 15) is 9.59 Å². The Labute approximate surface area is 214 Å². The van der Waals surface area contributed by atoms with Crippen molar-refractivity contribution in [3.8, 4) is 0 Å². The number of esters is 2. The third-order valence-electron chi connectivity index (χ3n) is 6.68. The molecule has 192 valence electrons. The van der Waals surface area contributed by atoms with Gasteiger partial charge in [-0.3, -0.25) is 0 Å². The molecule has 0 atom stereocenters. The van der Waals surface area contributed by atoms with Gasteiger partial charge in [0.15, 0.2) is 0 Å². The first kappa shape index (κ1) is 27.1. The Morgan fingerprint density at radius 1 is 0.972 bits per heavy atom. The average Bonchev–Trinajstić information content (AvgIpc) is 2.89. The molecule has 0 spiro atoms. The molecule has 3 rings (SSSR count). The molecule has 4 N–H and O–H groups in total. The number of carbonyl (C=O) groups is 2. The number of carbonyl (C=O) groups excluding carboxylic acids is 2. The van der Waals surface area contributed by atoms with Crippen LogP contribution in [0.5, 0.6) is 0 Å². The van der Waals surface area contributed by atoms with Crippen molar-refractivity contribution in [2.24, 2.45) is 5.92 Å². The summed E-state index contributed by atoms with van der Waals surface area (Å²) < 4.78 is 11.0. The first-order chi connectivity index (χ1) is 17.4. The number of hydrogen-bond donors (Lipinski definition) is 2. The molecule has 6 heteroatoms. The number of ether oxygens (including phenoxy) is 2. The van der Waals surface area contributed by atoms with E-state index in [0.29, 0.717) is 22.5 Å². The van der Waals surface area contributed by atoms with Gasteiger partial charge < -0.3 is 20.9 Å². The Morgan fingerprint density at radius 3 is 2.44 bits per heavy atom. The summed E-state index contributed by atoms with van der Waals surface area (Å²) in [5.74, 6) is -0.0326. The monoisotopic (exact) mass is 490 g/mol. The maximum Gasteiger partial charge on any atom is 0.338 e. The van der Waals surface area contributed by atoms with Crippen molar-refractivity contribution in [2.45, 2.75) is 70.5 Å². The van der Waals surface area contributed by atoms with Crippen molar-refractivity contribution < 1.29 is 19.1 Å². The molecular formula is C30H38N2O4. The number of rotatable bonds is 12. The highest BCUT2D eigenvalue weighted by Crippen LogP contribution is 2.30. The Morgan fingerprint density at radius 2 is 1.72 bits per heavy atom. The molecule has 0 amide bonds. The lowest BCUT2D eigenvalue weighted by Crippen LogP contribution is -2.24. The molecule has 1 aliphatic carbocycles. The largest absolute Gasteiger partial charge is 0.459 e. The van der Waals surface area contributed by atoms with Gasteiger partial charge in [-0.2, -0.15) is 0 Å². The lowest BCUT2D eigenvalue weighted by Gasteiger charge is -2.28. The van der Waals surface area contributed by atoms with E-state index in [1.54, 1.807) is 48.5 Å². The zero-order valence-corrected chi connectivity index (χ0v) is 21.0. The third-order valence-corrected chi connectivity index (χ3v) is 6.68. The second-order valence-electron chi connectivity index (χ2n) is 9.50. The van der Waals surface area contributed by atoms with E-state index in [1.165, 1.54) is 31.8 Å². The van der Waals surface area contributed by atoms with Crippen LogP contribution in [0.1, 0.15) is 79.3 Å². The molecule has 0 bridgehead atoms. The van der Waals surface area contributed by atoms with Crippen LogP contribution in [0, 0.1) is 5.92 Å². The van der Waals surface area contributed by atoms with Crippen molar-refractivity contribution in [1.29, 1.82) is 0 Å². The van der Waals surface area contributed by atoms with E-state index in [0.717, 1.165) is 43.6 Å². The smallest absolute Gasteiger partial charge is 0.338 e. The van der Waals surface area contributed by atoms with Crippen LogP contribution < -0.4 is 11.5 Å². The van der Waals surface area contributed by atoms with Gasteiger partial charge in [-0.25, -0.2) is 9.59 Å². The topological polar surface area (TPSA) is 105 Å². The van der Waals surface area contributed by atoms with Gasteiger partial charge >= 0.3 is 11.9 Å². The summed E-state index contributed by atoms with van der Waals surface area (Å²) in [6.45, 7) is 3.82. The number of allylic oxidation sites excluding steroid dienone is 1. The standard InChI is InChI=1S/C30H38N2O4/c1-2-3-4-5-6-7-22-10-16-27(17-11-22)36-30(34)24-13-8-23(9-14-24)12-19-29(33)35-21-25-20-26(31)15-18-28(25)32/h2,8-9,12-15,18-20,22,27H,1,3-7,10-11,16-17,21,31-32H2/b19-12+. The van der Waals surface area contributed by atoms with E-state index in [4.69, 9.17) is 20.9 Å². The second-order valence-corrected chi connectivity index (χ2v) is 9.50. The number of nitrogens with two attached hydrogens (primary N) is 2. The van der Waals surface area contributed by atoms with Crippen molar-refractivity contribution in [2.75, 3.05) is 11.5 Å². The molecule has 0 aliphatic heterocycles. The first-order valence-corrected chi connectivity index (χ1v) is 12.8. The van der Waals surface area contributed by atoms with E-state index in [-0.39, 0.29) is 18.7 Å². The molecular weight excluding hydrogens is 452 g/mol. The molecule has 1 fully saturated rings. The van der Waals surface area contributed by atoms with Gasteiger partial charge in [-0.05, 0) is 86.4 Å². The van der Waals surface area contributed by atoms with Crippen LogP contribution >= 0.6 is 0 Å². The van der Waals surface area contributed by atoms with Gasteiger partial charge in [0.05, 0.1) is 5.56 Å². The molecule has 1 aliphatic rings. The van der Waals surface area contributed by atoms with Gasteiger partial charge in [-0.15, -0.1) is 6.58 Å². The molecule has 1 saturated carbocycles. The van der Waals surface area contributed by atoms with Crippen molar-refractivity contribution >= 4 is 29.4 Å². The quantitative estimate of drug-likeness (QED) is 0.116. The Hall–Kier alpha value is -3.54. The second kappa shape index (κ2) is 14.1. The van der Waals surface area contributed by atoms with Crippen LogP contribution in [0.2, 0.25) is 0 Å². The van der Waals surface area contributed by atoms with Crippen LogP contribution in [0.15, 0.2) is 61.2 Å². The highest BCUT2D eigenvalue weighted by Gasteiger charge is 2.24. The maximum absolute atomic E-state index is 12.6. The molecule has 2 aromatic carbocycles. The van der Waals surface area contributed by atoms with Gasteiger partial charge in [0.2, 0.25) is 0 Å². The minimum atomic E-state index is -0.493. The van der Waals surface area contributed by atoms with Crippen LogP contribution in [-0.4, -0.2) is 18.0 Å². The van der Waals surface area contributed by atoms with Crippen molar-refractivity contribution in [1.82, 2.24) is 0 Å². The fourth-order valence-corrected chi connectivity index (χ4v) is 4.50. The maximum atomic E-state index is 12.6. The van der Waals surface area contributed by atoms with Crippen molar-refractivity contribution in [3.05, 3.63) is 77.9 Å². The lowest BCUT2D eigenvalue weighted by atomic mass is 9.84. The number of benzene rings is 2. The molecule has 0 unspecified atom stereocenters. The number of unbranched alkanes of at least 4 members (excludes halogenated alkanes) is 3. The SMILES string of the molecule is C=CCCCCCC1CCC(OC(=O)c2ccc(/C=C/C(=O)OCc3cc(N)ccc3N)cc2)CC1. The fourth-order valence-electron chi connectivity index (χ4n) is 4.50. The summed E-state index contributed by atoms with van der Waals surface area (Å²) in [7, 11) is 0. The van der Waals surface area contributed by atoms with Gasteiger partial charge in [0.1, 0.15) is 12.7 Å². The lowest BCUT2D eigenvalue weighted by molar-refractivity contribution is -0.138. The van der Waals surface area contributed by atoms with Crippen molar-refractivity contribution in [3.63, 3.8) is 0 Å². The van der Waals surface area contributed by atoms with Gasteiger partial charge in [-0.1, -0.05) is 37.5 Å². The molecule has 0 saturated heterocycles. The number of hydrogen-bond acceptors (Lipinski definition) is 6. The Bertz CT molecular complexity index is 1040. The minimum Gasteiger partial charge on any atom is -0.459 e. The zero-order valence-electron chi connectivity index (χ0n) is 21.0. The molecule has 36 heavy (non-hydrogen) atoms. The molecule has 0 radical (unpaired) electrons. The average molecular weight is 491 g/mol. The fraction of sp³-hybridized carbons (Fsp3) is 0.400. The minimum absolute atomic E-state index is 0.00198. The summed E-state index contributed by atoms with van der Waals surface area (Å²) in [4.78, 5) is 24.6. The summed E-state index contributed by atoms with van der Waals surface area (Å²) in [6, 6.07) is 12.0. The number of nitrogen functional groups attached to an aromatic ring is 2. The highest BCUT2D eigenvalue weighted by atomic mass is 16.5. The molecule has 0 aromatic heterocycles. The molecule has 2 aromatic rings. The molecule has 6 nitrogen and oxygen atoms in total. The van der Waals surface area contributed by atoms with E-state index in [1.807, 2.05) is 6.08 Å². The summed E-state index contributed by atoms with van der Waals surface area (Å²) in [5, 5.41) is 0. The molecule has 0 heterocycles. The predicted octanol–water partition coefficient (Wildman–Crippen LogP) is 6.46. The zero-order chi connectivity index (χ0) is 25.8.